The highest BCUT2D eigenvalue weighted by atomic mass is 16.5. The molecule has 0 heterocycles. The van der Waals surface area contributed by atoms with E-state index >= 15 is 0 Å². The number of nitrogens with one attached hydrogen (secondary N) is 1. The molecule has 70 valence electrons. The molecule has 3 nitrogen and oxygen atoms in total. The predicted octanol–water partition coefficient (Wildman–Crippen LogP) is 1.96. The van der Waals surface area contributed by atoms with Gasteiger partial charge in [-0.15, -0.1) is 0 Å². The molecule has 1 rings (SSSR count). The van der Waals surface area contributed by atoms with Gasteiger partial charge in [0, 0.05) is 14.0 Å². The van der Waals surface area contributed by atoms with Gasteiger partial charge >= 0.3 is 5.97 Å². The van der Waals surface area contributed by atoms with Crippen molar-refractivity contribution in [1.29, 1.82) is 0 Å². The maximum atomic E-state index is 10.7. The number of benzene rings is 1. The quantitative estimate of drug-likeness (QED) is 0.557. The van der Waals surface area contributed by atoms with Gasteiger partial charge < -0.3 is 10.1 Å². The highest BCUT2D eigenvalue weighted by molar-refractivity contribution is 5.73. The van der Waals surface area contributed by atoms with Crippen LogP contribution in [-0.2, 0) is 4.79 Å². The molecule has 0 spiro atoms. The molecule has 1 N–H and O–H groups in total. The molecule has 0 saturated heterocycles. The van der Waals surface area contributed by atoms with Gasteiger partial charge in [-0.2, -0.15) is 0 Å². The van der Waals surface area contributed by atoms with Crippen LogP contribution in [-0.4, -0.2) is 13.0 Å². The molecule has 0 atom stereocenters. The third-order valence-electron chi connectivity index (χ3n) is 1.74. The van der Waals surface area contributed by atoms with E-state index in [0.717, 1.165) is 11.3 Å². The van der Waals surface area contributed by atoms with Crippen molar-refractivity contribution in [3.63, 3.8) is 0 Å². The lowest BCUT2D eigenvalue weighted by Crippen LogP contribution is -2.04. The molecule has 0 aliphatic heterocycles. The Balaban J connectivity index is 3.05. The highest BCUT2D eigenvalue weighted by Crippen LogP contribution is 2.27. The summed E-state index contributed by atoms with van der Waals surface area (Å²) in [4.78, 5) is 10.7. The summed E-state index contributed by atoms with van der Waals surface area (Å²) in [6.07, 6.45) is 0. The molecule has 0 aliphatic rings. The smallest absolute Gasteiger partial charge is 0.308 e. The molecule has 0 aromatic heterocycles. The van der Waals surface area contributed by atoms with Crippen LogP contribution < -0.4 is 10.1 Å². The second-order valence-electron chi connectivity index (χ2n) is 2.79. The monoisotopic (exact) mass is 179 g/mol. The second-order valence-corrected chi connectivity index (χ2v) is 2.79. The van der Waals surface area contributed by atoms with Crippen LogP contribution >= 0.6 is 0 Å². The number of para-hydroxylation sites is 1. The lowest BCUT2D eigenvalue weighted by atomic mass is 10.2. The zero-order valence-electron chi connectivity index (χ0n) is 8.05. The van der Waals surface area contributed by atoms with Crippen LogP contribution in [0.2, 0.25) is 0 Å². The minimum atomic E-state index is -0.304. The maximum absolute atomic E-state index is 10.7. The van der Waals surface area contributed by atoms with E-state index in [-0.39, 0.29) is 5.97 Å². The van der Waals surface area contributed by atoms with Crippen LogP contribution in [0.5, 0.6) is 5.75 Å². The van der Waals surface area contributed by atoms with Gasteiger partial charge in [-0.3, -0.25) is 4.79 Å². The lowest BCUT2D eigenvalue weighted by molar-refractivity contribution is -0.131. The Kier molecular flexibility index (Phi) is 2.90. The molecule has 3 heteroatoms. The summed E-state index contributed by atoms with van der Waals surface area (Å²) in [6.45, 7) is 3.35. The van der Waals surface area contributed by atoms with Gasteiger partial charge in [0.25, 0.3) is 0 Å². The van der Waals surface area contributed by atoms with Crippen molar-refractivity contribution in [2.75, 3.05) is 12.4 Å². The number of rotatable bonds is 2. The Morgan fingerprint density at radius 1 is 1.46 bits per heavy atom. The third-order valence-corrected chi connectivity index (χ3v) is 1.74. The molecule has 0 bridgehead atoms. The number of hydrogen-bond donors (Lipinski definition) is 1. The summed E-state index contributed by atoms with van der Waals surface area (Å²) in [7, 11) is 1.80. The Morgan fingerprint density at radius 3 is 2.69 bits per heavy atom. The van der Waals surface area contributed by atoms with Crippen LogP contribution in [0, 0.1) is 6.92 Å². The zero-order valence-corrected chi connectivity index (χ0v) is 8.05. The van der Waals surface area contributed by atoms with E-state index in [1.807, 2.05) is 19.1 Å². The van der Waals surface area contributed by atoms with E-state index in [9.17, 15) is 4.79 Å². The van der Waals surface area contributed by atoms with E-state index < -0.39 is 0 Å². The number of carbonyl (C=O) groups excluding carboxylic acids is 1. The molecular formula is C10H13NO2. The molecule has 0 saturated carbocycles. The number of ether oxygens (including phenoxy) is 1. The van der Waals surface area contributed by atoms with Gasteiger partial charge in [0.15, 0.2) is 5.75 Å². The van der Waals surface area contributed by atoms with Crippen LogP contribution in [0.3, 0.4) is 0 Å². The first-order valence-electron chi connectivity index (χ1n) is 4.11. The fourth-order valence-corrected chi connectivity index (χ4v) is 1.20. The highest BCUT2D eigenvalue weighted by Gasteiger charge is 2.06. The molecule has 0 aliphatic carbocycles. The van der Waals surface area contributed by atoms with Crippen molar-refractivity contribution in [2.45, 2.75) is 13.8 Å². The average molecular weight is 179 g/mol. The summed E-state index contributed by atoms with van der Waals surface area (Å²) < 4.78 is 5.02. The van der Waals surface area contributed by atoms with Gasteiger partial charge in [-0.1, -0.05) is 12.1 Å². The first kappa shape index (κ1) is 9.58. The fourth-order valence-electron chi connectivity index (χ4n) is 1.20. The normalized spacial score (nSPS) is 9.46. The first-order valence-corrected chi connectivity index (χ1v) is 4.11. The van der Waals surface area contributed by atoms with Gasteiger partial charge in [-0.25, -0.2) is 0 Å². The van der Waals surface area contributed by atoms with Crippen molar-refractivity contribution in [2.24, 2.45) is 0 Å². The van der Waals surface area contributed by atoms with Crippen LogP contribution in [0.15, 0.2) is 18.2 Å². The molecule has 0 amide bonds. The summed E-state index contributed by atoms with van der Waals surface area (Å²) in [5.41, 5.74) is 1.92. The van der Waals surface area contributed by atoms with Crippen LogP contribution in [0.25, 0.3) is 0 Å². The van der Waals surface area contributed by atoms with Crippen LogP contribution in [0.1, 0.15) is 12.5 Å². The maximum Gasteiger partial charge on any atom is 0.308 e. The number of esters is 1. The molecular weight excluding hydrogens is 166 g/mol. The Labute approximate surface area is 77.7 Å². The second kappa shape index (κ2) is 3.94. The Morgan fingerprint density at radius 2 is 2.15 bits per heavy atom. The van der Waals surface area contributed by atoms with Gasteiger partial charge in [0.05, 0.1) is 5.69 Å². The SMILES string of the molecule is CNc1c(C)cccc1OC(C)=O. The number of carbonyl (C=O) groups is 1. The van der Waals surface area contributed by atoms with E-state index in [0.29, 0.717) is 5.75 Å². The summed E-state index contributed by atoms with van der Waals surface area (Å²) >= 11 is 0. The minimum Gasteiger partial charge on any atom is -0.424 e. The molecule has 1 aromatic carbocycles. The molecule has 13 heavy (non-hydrogen) atoms. The average Bonchev–Trinajstić information content (AvgIpc) is 2.03. The van der Waals surface area contributed by atoms with Crippen molar-refractivity contribution in [1.82, 2.24) is 0 Å². The van der Waals surface area contributed by atoms with Gasteiger partial charge in [0.1, 0.15) is 0 Å². The van der Waals surface area contributed by atoms with Gasteiger partial charge in [-0.05, 0) is 18.6 Å². The van der Waals surface area contributed by atoms with Crippen molar-refractivity contribution in [3.8, 4) is 5.75 Å². The largest absolute Gasteiger partial charge is 0.424 e. The topological polar surface area (TPSA) is 38.3 Å². The third kappa shape index (κ3) is 2.21. The lowest BCUT2D eigenvalue weighted by Gasteiger charge is -2.10. The molecule has 0 fully saturated rings. The number of aryl methyl sites for hydroxylation is 1. The predicted molar refractivity (Wildman–Crippen MR) is 52.0 cm³/mol. The zero-order chi connectivity index (χ0) is 9.84. The van der Waals surface area contributed by atoms with Crippen molar-refractivity contribution < 1.29 is 9.53 Å². The molecule has 0 radical (unpaired) electrons. The number of hydrogen-bond acceptors (Lipinski definition) is 3. The molecule has 1 aromatic rings. The van der Waals surface area contributed by atoms with Gasteiger partial charge in [0.2, 0.25) is 0 Å². The van der Waals surface area contributed by atoms with Crippen molar-refractivity contribution >= 4 is 11.7 Å². The summed E-state index contributed by atoms with van der Waals surface area (Å²) in [5.74, 6) is 0.275. The van der Waals surface area contributed by atoms with E-state index in [4.69, 9.17) is 4.74 Å². The van der Waals surface area contributed by atoms with E-state index in [1.54, 1.807) is 13.1 Å². The van der Waals surface area contributed by atoms with E-state index in [2.05, 4.69) is 5.32 Å². The summed E-state index contributed by atoms with van der Waals surface area (Å²) in [6, 6.07) is 5.58. The number of anilines is 1. The fraction of sp³-hybridized carbons (Fsp3) is 0.300. The first-order chi connectivity index (χ1) is 6.15. The summed E-state index contributed by atoms with van der Waals surface area (Å²) in [5, 5.41) is 2.99. The molecule has 0 unspecified atom stereocenters. The Bertz CT molecular complexity index is 321. The minimum absolute atomic E-state index is 0.304. The standard InChI is InChI=1S/C10H13NO2/c1-7-5-4-6-9(10(7)11-3)13-8(2)12/h4-6,11H,1-3H3. The Hall–Kier alpha value is -1.51. The van der Waals surface area contributed by atoms with Crippen molar-refractivity contribution in [3.05, 3.63) is 23.8 Å². The van der Waals surface area contributed by atoms with E-state index in [1.165, 1.54) is 6.92 Å². The van der Waals surface area contributed by atoms with Crippen LogP contribution in [0.4, 0.5) is 5.69 Å².